The van der Waals surface area contributed by atoms with Crippen molar-refractivity contribution in [2.45, 2.75) is 70.5 Å². The van der Waals surface area contributed by atoms with E-state index in [9.17, 15) is 4.79 Å². The van der Waals surface area contributed by atoms with Crippen LogP contribution >= 0.6 is 0 Å². The number of rotatable bonds is 6. The van der Waals surface area contributed by atoms with E-state index in [1.54, 1.807) is 0 Å². The Balaban J connectivity index is 1.46. The molecule has 0 unspecified atom stereocenters. The standard InChI is InChI=1S/C21H33N3O/c22-20-10-6-9-19(20)14-21(25)23-15-17-7-5-8-18(13-17)16-24-11-3-1-2-4-12-24/h5,7-8,13,19-20H,1-4,6,9-12,14-16,22H2,(H,23,25)/t19-,20+/m0/s1. The van der Waals surface area contributed by atoms with E-state index in [1.165, 1.54) is 49.9 Å². The molecule has 0 bridgehead atoms. The predicted molar refractivity (Wildman–Crippen MR) is 102 cm³/mol. The van der Waals surface area contributed by atoms with Crippen molar-refractivity contribution in [2.75, 3.05) is 13.1 Å². The van der Waals surface area contributed by atoms with E-state index in [2.05, 4.69) is 34.5 Å². The highest BCUT2D eigenvalue weighted by atomic mass is 16.1. The van der Waals surface area contributed by atoms with Crippen molar-refractivity contribution in [2.24, 2.45) is 11.7 Å². The zero-order valence-corrected chi connectivity index (χ0v) is 15.4. The normalized spacial score (nSPS) is 24.8. The third kappa shape index (κ3) is 5.82. The van der Waals surface area contributed by atoms with Crippen molar-refractivity contribution < 1.29 is 4.79 Å². The molecule has 2 aliphatic rings. The predicted octanol–water partition coefficient (Wildman–Crippen LogP) is 3.20. The molecule has 2 fully saturated rings. The molecule has 1 saturated carbocycles. The number of nitrogens with zero attached hydrogens (tertiary/aromatic N) is 1. The Morgan fingerprint density at radius 1 is 1.08 bits per heavy atom. The van der Waals surface area contributed by atoms with Crippen LogP contribution in [0.3, 0.4) is 0 Å². The van der Waals surface area contributed by atoms with Gasteiger partial charge in [-0.2, -0.15) is 0 Å². The minimum absolute atomic E-state index is 0.139. The van der Waals surface area contributed by atoms with Gasteiger partial charge in [0.1, 0.15) is 0 Å². The van der Waals surface area contributed by atoms with E-state index in [0.29, 0.717) is 18.9 Å². The fourth-order valence-corrected chi connectivity index (χ4v) is 4.22. The van der Waals surface area contributed by atoms with Crippen molar-refractivity contribution in [1.29, 1.82) is 0 Å². The number of nitrogens with two attached hydrogens (primary N) is 1. The van der Waals surface area contributed by atoms with Crippen LogP contribution in [0.2, 0.25) is 0 Å². The number of benzene rings is 1. The largest absolute Gasteiger partial charge is 0.352 e. The Morgan fingerprint density at radius 2 is 1.84 bits per heavy atom. The molecule has 138 valence electrons. The first kappa shape index (κ1) is 18.4. The number of hydrogen-bond donors (Lipinski definition) is 2. The van der Waals surface area contributed by atoms with Crippen LogP contribution in [-0.2, 0) is 17.9 Å². The fraction of sp³-hybridized carbons (Fsp3) is 0.667. The second-order valence-corrected chi connectivity index (χ2v) is 7.85. The maximum atomic E-state index is 12.2. The molecule has 0 radical (unpaired) electrons. The van der Waals surface area contributed by atoms with Crippen LogP contribution in [-0.4, -0.2) is 29.9 Å². The van der Waals surface area contributed by atoms with Crippen LogP contribution in [0.5, 0.6) is 0 Å². The van der Waals surface area contributed by atoms with Gasteiger partial charge in [-0.3, -0.25) is 9.69 Å². The molecule has 25 heavy (non-hydrogen) atoms. The van der Waals surface area contributed by atoms with Crippen LogP contribution in [0.1, 0.15) is 62.5 Å². The van der Waals surface area contributed by atoms with Crippen molar-refractivity contribution in [1.82, 2.24) is 10.2 Å². The molecule has 3 N–H and O–H groups in total. The van der Waals surface area contributed by atoms with Gasteiger partial charge in [0, 0.05) is 25.6 Å². The number of carbonyl (C=O) groups excluding carboxylic acids is 1. The first-order valence-corrected chi connectivity index (χ1v) is 10.0. The zero-order valence-electron chi connectivity index (χ0n) is 15.4. The van der Waals surface area contributed by atoms with Gasteiger partial charge in [-0.05, 0) is 55.8 Å². The number of nitrogens with one attached hydrogen (secondary N) is 1. The van der Waals surface area contributed by atoms with E-state index < -0.39 is 0 Å². The molecule has 4 heteroatoms. The van der Waals surface area contributed by atoms with Gasteiger partial charge in [-0.15, -0.1) is 0 Å². The smallest absolute Gasteiger partial charge is 0.220 e. The summed E-state index contributed by atoms with van der Waals surface area (Å²) in [6.45, 7) is 4.07. The van der Waals surface area contributed by atoms with Crippen molar-refractivity contribution in [3.63, 3.8) is 0 Å². The quantitative estimate of drug-likeness (QED) is 0.834. The highest BCUT2D eigenvalue weighted by Crippen LogP contribution is 2.26. The lowest BCUT2D eigenvalue weighted by atomic mass is 10.00. The second-order valence-electron chi connectivity index (χ2n) is 7.85. The summed E-state index contributed by atoms with van der Waals surface area (Å²) in [4.78, 5) is 14.7. The van der Waals surface area contributed by atoms with E-state index in [4.69, 9.17) is 5.73 Å². The van der Waals surface area contributed by atoms with Gasteiger partial charge in [0.05, 0.1) is 0 Å². The van der Waals surface area contributed by atoms with Gasteiger partial charge in [-0.1, -0.05) is 43.5 Å². The maximum absolute atomic E-state index is 12.2. The molecule has 1 aliphatic carbocycles. The van der Waals surface area contributed by atoms with Crippen LogP contribution in [0.4, 0.5) is 0 Å². The SMILES string of the molecule is N[C@@H]1CCC[C@H]1CC(=O)NCc1cccc(CN2CCCCCC2)c1. The fourth-order valence-electron chi connectivity index (χ4n) is 4.22. The first-order chi connectivity index (χ1) is 12.2. The summed E-state index contributed by atoms with van der Waals surface area (Å²) in [5.74, 6) is 0.509. The Hall–Kier alpha value is -1.39. The summed E-state index contributed by atoms with van der Waals surface area (Å²) in [5.41, 5.74) is 8.61. The van der Waals surface area contributed by atoms with E-state index in [1.807, 2.05) is 0 Å². The summed E-state index contributed by atoms with van der Waals surface area (Å²) in [6.07, 6.45) is 9.28. The minimum Gasteiger partial charge on any atom is -0.352 e. The maximum Gasteiger partial charge on any atom is 0.220 e. The van der Waals surface area contributed by atoms with Crippen LogP contribution in [0.15, 0.2) is 24.3 Å². The van der Waals surface area contributed by atoms with Crippen LogP contribution < -0.4 is 11.1 Å². The highest BCUT2D eigenvalue weighted by molar-refractivity contribution is 5.76. The van der Waals surface area contributed by atoms with Crippen molar-refractivity contribution >= 4 is 5.91 Å². The summed E-state index contributed by atoms with van der Waals surface area (Å²) in [5, 5.41) is 3.08. The molecule has 1 aromatic carbocycles. The molecule has 0 spiro atoms. The molecule has 1 aliphatic heterocycles. The molecule has 2 atom stereocenters. The Morgan fingerprint density at radius 3 is 2.56 bits per heavy atom. The summed E-state index contributed by atoms with van der Waals surface area (Å²) in [6, 6.07) is 8.87. The van der Waals surface area contributed by atoms with Crippen molar-refractivity contribution in [3.8, 4) is 0 Å². The monoisotopic (exact) mass is 343 g/mol. The number of likely N-dealkylation sites (tertiary alicyclic amines) is 1. The average Bonchev–Trinajstić information content (AvgIpc) is 2.85. The van der Waals surface area contributed by atoms with Gasteiger partial charge >= 0.3 is 0 Å². The lowest BCUT2D eigenvalue weighted by Crippen LogP contribution is -2.31. The average molecular weight is 344 g/mol. The molecule has 3 rings (SSSR count). The number of carbonyl (C=O) groups is 1. The molecule has 1 amide bonds. The molecular weight excluding hydrogens is 310 g/mol. The van der Waals surface area contributed by atoms with Crippen LogP contribution in [0, 0.1) is 5.92 Å². The van der Waals surface area contributed by atoms with E-state index in [0.717, 1.165) is 25.8 Å². The molecule has 1 aromatic rings. The zero-order chi connectivity index (χ0) is 17.5. The molecule has 4 nitrogen and oxygen atoms in total. The third-order valence-corrected chi connectivity index (χ3v) is 5.75. The summed E-state index contributed by atoms with van der Waals surface area (Å²) >= 11 is 0. The van der Waals surface area contributed by atoms with Gasteiger partial charge in [0.2, 0.25) is 5.91 Å². The number of amides is 1. The minimum atomic E-state index is 0.139. The topological polar surface area (TPSA) is 58.4 Å². The lowest BCUT2D eigenvalue weighted by Gasteiger charge is -2.20. The van der Waals surface area contributed by atoms with Gasteiger partial charge in [0.25, 0.3) is 0 Å². The molecule has 1 saturated heterocycles. The second kappa shape index (κ2) is 9.35. The lowest BCUT2D eigenvalue weighted by molar-refractivity contribution is -0.122. The van der Waals surface area contributed by atoms with E-state index in [-0.39, 0.29) is 11.9 Å². The summed E-state index contributed by atoms with van der Waals surface area (Å²) < 4.78 is 0. The van der Waals surface area contributed by atoms with Crippen molar-refractivity contribution in [3.05, 3.63) is 35.4 Å². The Kier molecular flexibility index (Phi) is 6.88. The third-order valence-electron chi connectivity index (χ3n) is 5.75. The van der Waals surface area contributed by atoms with E-state index >= 15 is 0 Å². The first-order valence-electron chi connectivity index (χ1n) is 10.0. The Labute approximate surface area is 152 Å². The highest BCUT2D eigenvalue weighted by Gasteiger charge is 2.25. The molecule has 1 heterocycles. The number of hydrogen-bond acceptors (Lipinski definition) is 3. The summed E-state index contributed by atoms with van der Waals surface area (Å²) in [7, 11) is 0. The Bertz CT molecular complexity index is 552. The van der Waals surface area contributed by atoms with Gasteiger partial charge in [-0.25, -0.2) is 0 Å². The molecular formula is C21H33N3O. The van der Waals surface area contributed by atoms with Gasteiger partial charge < -0.3 is 11.1 Å². The molecule has 0 aromatic heterocycles. The van der Waals surface area contributed by atoms with Crippen LogP contribution in [0.25, 0.3) is 0 Å². The van der Waals surface area contributed by atoms with Gasteiger partial charge in [0.15, 0.2) is 0 Å².